The lowest BCUT2D eigenvalue weighted by Gasteiger charge is -2.13. The Kier molecular flexibility index (Phi) is 2.81. The number of ether oxygens (including phenoxy) is 1. The van der Waals surface area contributed by atoms with E-state index in [0.29, 0.717) is 6.42 Å². The van der Waals surface area contributed by atoms with E-state index < -0.39 is 0 Å². The van der Waals surface area contributed by atoms with Crippen LogP contribution in [0.2, 0.25) is 0 Å². The number of hydrogen-bond acceptors (Lipinski definition) is 3. The number of rotatable bonds is 2. The summed E-state index contributed by atoms with van der Waals surface area (Å²) in [7, 11) is 1.62. The Morgan fingerprint density at radius 1 is 1.40 bits per heavy atom. The molecule has 0 fully saturated rings. The van der Waals surface area contributed by atoms with E-state index in [1.165, 1.54) is 0 Å². The van der Waals surface area contributed by atoms with Gasteiger partial charge >= 0.3 is 0 Å². The molecule has 0 saturated heterocycles. The fourth-order valence-corrected chi connectivity index (χ4v) is 1.77. The molecule has 1 heterocycles. The molecular formula is C12H13NO2. The van der Waals surface area contributed by atoms with Crippen LogP contribution < -0.4 is 4.74 Å². The Bertz CT molecular complexity index is 410. The van der Waals surface area contributed by atoms with Gasteiger partial charge in [-0.15, -0.1) is 0 Å². The van der Waals surface area contributed by atoms with Gasteiger partial charge in [-0.3, -0.25) is 9.78 Å². The molecule has 0 aromatic carbocycles. The molecule has 0 N–H and O–H groups in total. The van der Waals surface area contributed by atoms with Crippen molar-refractivity contribution in [2.75, 3.05) is 7.11 Å². The lowest BCUT2D eigenvalue weighted by atomic mass is 9.95. The number of carbonyl (C=O) groups excluding carboxylic acids is 1. The molecule has 0 saturated carbocycles. The normalized spacial score (nSPS) is 16.1. The van der Waals surface area contributed by atoms with Crippen molar-refractivity contribution in [3.05, 3.63) is 30.1 Å². The first-order valence-electron chi connectivity index (χ1n) is 5.04. The molecule has 3 nitrogen and oxygen atoms in total. The van der Waals surface area contributed by atoms with Gasteiger partial charge in [0, 0.05) is 12.6 Å². The third-order valence-electron chi connectivity index (χ3n) is 2.50. The van der Waals surface area contributed by atoms with Crippen LogP contribution in [-0.2, 0) is 4.79 Å². The fraction of sp³-hybridized carbons (Fsp3) is 0.333. The molecule has 78 valence electrons. The number of methoxy groups -OCH3 is 1. The maximum absolute atomic E-state index is 11.3. The monoisotopic (exact) mass is 203 g/mol. The van der Waals surface area contributed by atoms with E-state index in [0.717, 1.165) is 29.9 Å². The second kappa shape index (κ2) is 4.26. The SMILES string of the molecule is COc1cccnc1C1=CC(=O)CCC1. The van der Waals surface area contributed by atoms with E-state index in [4.69, 9.17) is 4.74 Å². The van der Waals surface area contributed by atoms with E-state index >= 15 is 0 Å². The smallest absolute Gasteiger partial charge is 0.156 e. The number of nitrogens with zero attached hydrogens (tertiary/aromatic N) is 1. The third kappa shape index (κ3) is 2.06. The molecule has 0 spiro atoms. The van der Waals surface area contributed by atoms with E-state index in [1.54, 1.807) is 19.4 Å². The Labute approximate surface area is 88.8 Å². The van der Waals surface area contributed by atoms with Gasteiger partial charge in [0.1, 0.15) is 11.4 Å². The second-order valence-electron chi connectivity index (χ2n) is 3.54. The molecule has 1 aromatic heterocycles. The number of hydrogen-bond donors (Lipinski definition) is 0. The van der Waals surface area contributed by atoms with Crippen LogP contribution in [-0.4, -0.2) is 17.9 Å². The van der Waals surface area contributed by atoms with Crippen molar-refractivity contribution in [1.82, 2.24) is 4.98 Å². The molecule has 0 radical (unpaired) electrons. The van der Waals surface area contributed by atoms with Gasteiger partial charge in [-0.2, -0.15) is 0 Å². The Morgan fingerprint density at radius 3 is 3.00 bits per heavy atom. The summed E-state index contributed by atoms with van der Waals surface area (Å²) in [6, 6.07) is 3.69. The molecule has 0 aliphatic heterocycles. The molecule has 0 atom stereocenters. The van der Waals surface area contributed by atoms with Crippen LogP contribution in [0.3, 0.4) is 0 Å². The van der Waals surface area contributed by atoms with Crippen LogP contribution in [0.5, 0.6) is 5.75 Å². The van der Waals surface area contributed by atoms with Gasteiger partial charge in [-0.1, -0.05) is 0 Å². The quantitative estimate of drug-likeness (QED) is 0.739. The highest BCUT2D eigenvalue weighted by Crippen LogP contribution is 2.29. The molecule has 0 unspecified atom stereocenters. The van der Waals surface area contributed by atoms with Gasteiger partial charge in [0.25, 0.3) is 0 Å². The molecule has 15 heavy (non-hydrogen) atoms. The van der Waals surface area contributed by atoms with Crippen molar-refractivity contribution >= 4 is 11.4 Å². The van der Waals surface area contributed by atoms with Gasteiger partial charge in [-0.05, 0) is 36.6 Å². The van der Waals surface area contributed by atoms with Crippen LogP contribution in [0.25, 0.3) is 5.57 Å². The first kappa shape index (κ1) is 9.90. The highest BCUT2D eigenvalue weighted by atomic mass is 16.5. The van der Waals surface area contributed by atoms with Crippen molar-refractivity contribution in [3.8, 4) is 5.75 Å². The van der Waals surface area contributed by atoms with Gasteiger partial charge in [0.05, 0.1) is 7.11 Å². The Balaban J connectivity index is 2.40. The zero-order valence-electron chi connectivity index (χ0n) is 8.69. The van der Waals surface area contributed by atoms with Crippen molar-refractivity contribution in [1.29, 1.82) is 0 Å². The fourth-order valence-electron chi connectivity index (χ4n) is 1.77. The standard InChI is InChI=1S/C12H13NO2/c1-15-11-6-3-7-13-12(11)9-4-2-5-10(14)8-9/h3,6-8H,2,4-5H2,1H3. The molecule has 1 aliphatic carbocycles. The minimum atomic E-state index is 0.184. The summed E-state index contributed by atoms with van der Waals surface area (Å²) in [5.74, 6) is 0.919. The van der Waals surface area contributed by atoms with Crippen LogP contribution >= 0.6 is 0 Å². The first-order chi connectivity index (χ1) is 7.31. The highest BCUT2D eigenvalue weighted by Gasteiger charge is 2.15. The maximum atomic E-state index is 11.3. The molecular weight excluding hydrogens is 190 g/mol. The maximum Gasteiger partial charge on any atom is 0.156 e. The number of allylic oxidation sites excluding steroid dienone is 2. The average Bonchev–Trinajstić information content (AvgIpc) is 2.29. The summed E-state index contributed by atoms with van der Waals surface area (Å²) in [4.78, 5) is 15.6. The zero-order valence-corrected chi connectivity index (χ0v) is 8.69. The van der Waals surface area contributed by atoms with Crippen molar-refractivity contribution in [2.45, 2.75) is 19.3 Å². The summed E-state index contributed by atoms with van der Waals surface area (Å²) < 4.78 is 5.22. The average molecular weight is 203 g/mol. The summed E-state index contributed by atoms with van der Waals surface area (Å²) in [6.45, 7) is 0. The van der Waals surface area contributed by atoms with Crippen molar-refractivity contribution in [2.24, 2.45) is 0 Å². The number of pyridine rings is 1. The number of carbonyl (C=O) groups is 1. The number of aromatic nitrogens is 1. The van der Waals surface area contributed by atoms with E-state index in [1.807, 2.05) is 12.1 Å². The van der Waals surface area contributed by atoms with E-state index in [9.17, 15) is 4.79 Å². The van der Waals surface area contributed by atoms with Crippen molar-refractivity contribution in [3.63, 3.8) is 0 Å². The van der Waals surface area contributed by atoms with Crippen LogP contribution in [0.1, 0.15) is 25.0 Å². The topological polar surface area (TPSA) is 39.2 Å². The summed E-state index contributed by atoms with van der Waals surface area (Å²) in [6.07, 6.45) is 5.87. The van der Waals surface area contributed by atoms with Crippen LogP contribution in [0, 0.1) is 0 Å². The van der Waals surface area contributed by atoms with E-state index in [-0.39, 0.29) is 5.78 Å². The summed E-state index contributed by atoms with van der Waals surface area (Å²) in [5.41, 5.74) is 1.79. The Hall–Kier alpha value is -1.64. The molecule has 3 heteroatoms. The third-order valence-corrected chi connectivity index (χ3v) is 2.50. The van der Waals surface area contributed by atoms with Gasteiger partial charge in [0.15, 0.2) is 5.78 Å². The molecule has 0 bridgehead atoms. The Morgan fingerprint density at radius 2 is 2.27 bits per heavy atom. The van der Waals surface area contributed by atoms with Gasteiger partial charge in [0.2, 0.25) is 0 Å². The zero-order chi connectivity index (χ0) is 10.7. The minimum absolute atomic E-state index is 0.184. The molecule has 1 aromatic rings. The lowest BCUT2D eigenvalue weighted by Crippen LogP contribution is -2.04. The largest absolute Gasteiger partial charge is 0.494 e. The van der Waals surface area contributed by atoms with Gasteiger partial charge < -0.3 is 4.74 Å². The van der Waals surface area contributed by atoms with E-state index in [2.05, 4.69) is 4.98 Å². The number of ketones is 1. The highest BCUT2D eigenvalue weighted by molar-refractivity contribution is 5.98. The summed E-state index contributed by atoms with van der Waals surface area (Å²) in [5, 5.41) is 0. The molecule has 2 rings (SSSR count). The van der Waals surface area contributed by atoms with Gasteiger partial charge in [-0.25, -0.2) is 0 Å². The van der Waals surface area contributed by atoms with Crippen LogP contribution in [0.4, 0.5) is 0 Å². The lowest BCUT2D eigenvalue weighted by molar-refractivity contribution is -0.114. The molecule has 1 aliphatic rings. The van der Waals surface area contributed by atoms with Crippen LogP contribution in [0.15, 0.2) is 24.4 Å². The predicted octanol–water partition coefficient (Wildman–Crippen LogP) is 2.23. The summed E-state index contributed by atoms with van der Waals surface area (Å²) >= 11 is 0. The van der Waals surface area contributed by atoms with Crippen molar-refractivity contribution < 1.29 is 9.53 Å². The molecule has 0 amide bonds. The minimum Gasteiger partial charge on any atom is -0.494 e. The first-order valence-corrected chi connectivity index (χ1v) is 5.04. The predicted molar refractivity (Wildman–Crippen MR) is 57.6 cm³/mol. The second-order valence-corrected chi connectivity index (χ2v) is 3.54.